The van der Waals surface area contributed by atoms with Gasteiger partial charge >= 0.3 is 0 Å². The molecule has 1 atom stereocenters. The van der Waals surface area contributed by atoms with Crippen molar-refractivity contribution >= 4 is 11.6 Å². The molecule has 1 aliphatic heterocycles. The molecule has 0 radical (unpaired) electrons. The first-order valence-electron chi connectivity index (χ1n) is 5.49. The van der Waals surface area contributed by atoms with Crippen molar-refractivity contribution < 1.29 is 0 Å². The van der Waals surface area contributed by atoms with Crippen molar-refractivity contribution in [3.63, 3.8) is 0 Å². The highest BCUT2D eigenvalue weighted by Crippen LogP contribution is 2.22. The van der Waals surface area contributed by atoms with Crippen LogP contribution in [0.25, 0.3) is 0 Å². The molecule has 82 valence electrons. The van der Waals surface area contributed by atoms with Crippen LogP contribution in [0.4, 0.5) is 0 Å². The number of halogens is 1. The maximum absolute atomic E-state index is 6.14. The van der Waals surface area contributed by atoms with Crippen LogP contribution in [0.2, 0.25) is 5.02 Å². The summed E-state index contributed by atoms with van der Waals surface area (Å²) >= 11 is 6.14. The van der Waals surface area contributed by atoms with Crippen molar-refractivity contribution in [2.75, 3.05) is 13.1 Å². The summed E-state index contributed by atoms with van der Waals surface area (Å²) in [6.07, 6.45) is 2.48. The van der Waals surface area contributed by atoms with E-state index >= 15 is 0 Å². The van der Waals surface area contributed by atoms with Gasteiger partial charge in [0.15, 0.2) is 0 Å². The Morgan fingerprint density at radius 3 is 2.93 bits per heavy atom. The van der Waals surface area contributed by atoms with Gasteiger partial charge in [-0.3, -0.25) is 4.90 Å². The molecule has 1 unspecified atom stereocenters. The number of nitrogens with two attached hydrogens (primary N) is 1. The van der Waals surface area contributed by atoms with Gasteiger partial charge in [0.1, 0.15) is 0 Å². The Morgan fingerprint density at radius 2 is 2.20 bits per heavy atom. The Labute approximate surface area is 96.0 Å². The van der Waals surface area contributed by atoms with E-state index in [-0.39, 0.29) is 0 Å². The van der Waals surface area contributed by atoms with E-state index in [1.54, 1.807) is 0 Å². The fourth-order valence-electron chi connectivity index (χ4n) is 2.22. The van der Waals surface area contributed by atoms with Crippen molar-refractivity contribution in [1.82, 2.24) is 4.90 Å². The van der Waals surface area contributed by atoms with E-state index in [2.05, 4.69) is 11.0 Å². The number of benzene rings is 1. The van der Waals surface area contributed by atoms with Gasteiger partial charge in [0, 0.05) is 24.2 Å². The second-order valence-corrected chi connectivity index (χ2v) is 4.50. The molecular formula is C12H17ClN2. The van der Waals surface area contributed by atoms with Crippen LogP contribution in [0.15, 0.2) is 24.3 Å². The number of hydrogen-bond donors (Lipinski definition) is 1. The minimum absolute atomic E-state index is 0.543. The molecule has 0 saturated carbocycles. The van der Waals surface area contributed by atoms with Crippen molar-refractivity contribution in [2.24, 2.45) is 5.73 Å². The van der Waals surface area contributed by atoms with Crippen molar-refractivity contribution in [2.45, 2.75) is 25.4 Å². The second-order valence-electron chi connectivity index (χ2n) is 4.09. The molecule has 1 aliphatic rings. The molecule has 15 heavy (non-hydrogen) atoms. The molecule has 3 heteroatoms. The molecule has 1 fully saturated rings. The molecule has 0 spiro atoms. The number of likely N-dealkylation sites (tertiary alicyclic amines) is 1. The summed E-state index contributed by atoms with van der Waals surface area (Å²) in [5.74, 6) is 0. The van der Waals surface area contributed by atoms with Gasteiger partial charge in [-0.15, -0.1) is 0 Å². The molecule has 2 rings (SSSR count). The average molecular weight is 225 g/mol. The first kappa shape index (κ1) is 10.9. The second kappa shape index (κ2) is 4.97. The van der Waals surface area contributed by atoms with E-state index < -0.39 is 0 Å². The lowest BCUT2D eigenvalue weighted by Crippen LogP contribution is -2.34. The van der Waals surface area contributed by atoms with Crippen LogP contribution in [-0.4, -0.2) is 24.0 Å². The number of nitrogens with zero attached hydrogens (tertiary/aromatic N) is 1. The first-order valence-corrected chi connectivity index (χ1v) is 5.86. The standard InChI is InChI=1S/C12H17ClN2/c13-12-6-2-1-4-10(12)9-15-7-3-5-11(15)8-14/h1-2,4,6,11H,3,5,7-9,14H2. The minimum atomic E-state index is 0.543. The number of rotatable bonds is 3. The molecule has 2 N–H and O–H groups in total. The SMILES string of the molecule is NCC1CCCN1Cc1ccccc1Cl. The van der Waals surface area contributed by atoms with Crippen LogP contribution in [0.3, 0.4) is 0 Å². The van der Waals surface area contributed by atoms with Crippen LogP contribution in [0.5, 0.6) is 0 Å². The molecule has 1 heterocycles. The average Bonchev–Trinajstić information content (AvgIpc) is 2.69. The summed E-state index contributed by atoms with van der Waals surface area (Å²) in [6.45, 7) is 2.83. The summed E-state index contributed by atoms with van der Waals surface area (Å²) in [4.78, 5) is 2.43. The van der Waals surface area contributed by atoms with Gasteiger partial charge < -0.3 is 5.73 Å². The predicted octanol–water partition coefficient (Wildman–Crippen LogP) is 2.26. The van der Waals surface area contributed by atoms with Gasteiger partial charge in [-0.25, -0.2) is 0 Å². The van der Waals surface area contributed by atoms with Gasteiger partial charge in [0.2, 0.25) is 0 Å². The molecule has 2 nitrogen and oxygen atoms in total. The van der Waals surface area contributed by atoms with Crippen molar-refractivity contribution in [3.8, 4) is 0 Å². The minimum Gasteiger partial charge on any atom is -0.329 e. The van der Waals surface area contributed by atoms with Gasteiger partial charge in [-0.2, -0.15) is 0 Å². The highest BCUT2D eigenvalue weighted by Gasteiger charge is 2.23. The van der Waals surface area contributed by atoms with Crippen molar-refractivity contribution in [3.05, 3.63) is 34.9 Å². The zero-order valence-electron chi connectivity index (χ0n) is 8.82. The molecule has 0 bridgehead atoms. The van der Waals surface area contributed by atoms with Gasteiger partial charge in [-0.05, 0) is 31.0 Å². The Balaban J connectivity index is 2.05. The predicted molar refractivity (Wildman–Crippen MR) is 63.9 cm³/mol. The third-order valence-electron chi connectivity index (χ3n) is 3.10. The summed E-state index contributed by atoms with van der Waals surface area (Å²) in [5, 5.41) is 0.861. The zero-order valence-corrected chi connectivity index (χ0v) is 9.58. The molecule has 1 aromatic carbocycles. The molecule has 0 aromatic heterocycles. The molecule has 0 amide bonds. The Bertz CT molecular complexity index is 327. The van der Waals surface area contributed by atoms with Crippen LogP contribution in [0, 0.1) is 0 Å². The third-order valence-corrected chi connectivity index (χ3v) is 3.47. The topological polar surface area (TPSA) is 29.3 Å². The fourth-order valence-corrected chi connectivity index (χ4v) is 2.41. The molecule has 0 aliphatic carbocycles. The summed E-state index contributed by atoms with van der Waals surface area (Å²) in [7, 11) is 0. The van der Waals surface area contributed by atoms with Crippen LogP contribution in [0.1, 0.15) is 18.4 Å². The normalized spacial score (nSPS) is 22.1. The van der Waals surface area contributed by atoms with Crippen LogP contribution in [-0.2, 0) is 6.54 Å². The number of hydrogen-bond acceptors (Lipinski definition) is 2. The largest absolute Gasteiger partial charge is 0.329 e. The lowest BCUT2D eigenvalue weighted by atomic mass is 10.2. The Kier molecular flexibility index (Phi) is 3.62. The lowest BCUT2D eigenvalue weighted by Gasteiger charge is -2.23. The summed E-state index contributed by atoms with van der Waals surface area (Å²) in [5.41, 5.74) is 6.95. The van der Waals surface area contributed by atoms with Gasteiger partial charge in [0.25, 0.3) is 0 Å². The Hall–Kier alpha value is -0.570. The highest BCUT2D eigenvalue weighted by molar-refractivity contribution is 6.31. The van der Waals surface area contributed by atoms with Gasteiger partial charge in [-0.1, -0.05) is 29.8 Å². The quantitative estimate of drug-likeness (QED) is 0.854. The van der Waals surface area contributed by atoms with Crippen LogP contribution >= 0.6 is 11.6 Å². The molecular weight excluding hydrogens is 208 g/mol. The summed E-state index contributed by atoms with van der Waals surface area (Å²) < 4.78 is 0. The van der Waals surface area contributed by atoms with E-state index in [1.807, 2.05) is 18.2 Å². The molecule has 1 saturated heterocycles. The smallest absolute Gasteiger partial charge is 0.0451 e. The third kappa shape index (κ3) is 2.51. The fraction of sp³-hybridized carbons (Fsp3) is 0.500. The van der Waals surface area contributed by atoms with Crippen molar-refractivity contribution in [1.29, 1.82) is 0 Å². The zero-order chi connectivity index (χ0) is 10.7. The maximum atomic E-state index is 6.14. The molecule has 1 aromatic rings. The van der Waals surface area contributed by atoms with E-state index in [0.717, 1.165) is 24.7 Å². The van der Waals surface area contributed by atoms with Crippen LogP contribution < -0.4 is 5.73 Å². The lowest BCUT2D eigenvalue weighted by molar-refractivity contribution is 0.250. The van der Waals surface area contributed by atoms with E-state index in [1.165, 1.54) is 18.4 Å². The first-order chi connectivity index (χ1) is 7.31. The Morgan fingerprint density at radius 1 is 1.40 bits per heavy atom. The monoisotopic (exact) mass is 224 g/mol. The van der Waals surface area contributed by atoms with Gasteiger partial charge in [0.05, 0.1) is 0 Å². The summed E-state index contributed by atoms with van der Waals surface area (Å²) in [6, 6.07) is 8.59. The highest BCUT2D eigenvalue weighted by atomic mass is 35.5. The van der Waals surface area contributed by atoms with E-state index in [4.69, 9.17) is 17.3 Å². The van der Waals surface area contributed by atoms with E-state index in [9.17, 15) is 0 Å². The van der Waals surface area contributed by atoms with E-state index in [0.29, 0.717) is 6.04 Å². The maximum Gasteiger partial charge on any atom is 0.0451 e.